The van der Waals surface area contributed by atoms with Gasteiger partial charge in [0.2, 0.25) is 0 Å². The average Bonchev–Trinajstić information content (AvgIpc) is 3.40. The molecule has 2 aromatic carbocycles. The largest absolute Gasteiger partial charge is 0.451 e. The molecule has 0 aliphatic carbocycles. The molecule has 0 atom stereocenters. The van der Waals surface area contributed by atoms with Gasteiger partial charge in [0, 0.05) is 22.8 Å². The third-order valence-electron chi connectivity index (χ3n) is 4.72. The van der Waals surface area contributed by atoms with E-state index in [-0.39, 0.29) is 22.9 Å². The van der Waals surface area contributed by atoms with Gasteiger partial charge in [-0.1, -0.05) is 24.3 Å². The van der Waals surface area contributed by atoms with Gasteiger partial charge in [0.25, 0.3) is 5.91 Å². The van der Waals surface area contributed by atoms with Crippen LogP contribution in [0.4, 0.5) is 10.2 Å². The van der Waals surface area contributed by atoms with Crippen LogP contribution in [0.3, 0.4) is 0 Å². The minimum atomic E-state index is -0.769. The monoisotopic (exact) mass is 464 g/mol. The van der Waals surface area contributed by atoms with E-state index in [0.717, 1.165) is 11.3 Å². The Morgan fingerprint density at radius 1 is 1.21 bits per heavy atom. The maximum atomic E-state index is 14.3. The van der Waals surface area contributed by atoms with Gasteiger partial charge in [-0.15, -0.1) is 11.3 Å². The lowest BCUT2D eigenvalue weighted by Crippen LogP contribution is -2.23. The zero-order chi connectivity index (χ0) is 23.4. The van der Waals surface area contributed by atoms with Gasteiger partial charge in [-0.05, 0) is 24.3 Å². The first-order valence-electron chi connectivity index (χ1n) is 9.72. The van der Waals surface area contributed by atoms with Gasteiger partial charge in [-0.3, -0.25) is 4.79 Å². The summed E-state index contributed by atoms with van der Waals surface area (Å²) < 4.78 is 26.6. The molecule has 1 amide bonds. The number of nitrogens with zero attached hydrogens (tertiary/aromatic N) is 3. The number of rotatable bonds is 7. The van der Waals surface area contributed by atoms with E-state index in [2.05, 4.69) is 10.4 Å². The van der Waals surface area contributed by atoms with E-state index in [1.165, 1.54) is 24.1 Å². The van der Waals surface area contributed by atoms with Crippen molar-refractivity contribution in [1.82, 2.24) is 9.78 Å². The SMILES string of the molecule is COCc1c(C(=O)OCC(=O)Nc2c(C#N)cnn2-c2ccccc2)sc2cccc(F)c12. The number of amides is 1. The Bertz CT molecular complexity index is 1370. The summed E-state index contributed by atoms with van der Waals surface area (Å²) in [5.41, 5.74) is 1.17. The molecular formula is C23H17FN4O4S. The van der Waals surface area contributed by atoms with Crippen LogP contribution in [-0.4, -0.2) is 35.4 Å². The normalized spacial score (nSPS) is 10.7. The Hall–Kier alpha value is -4.07. The topological polar surface area (TPSA) is 106 Å². The van der Waals surface area contributed by atoms with Gasteiger partial charge in [-0.25, -0.2) is 13.9 Å². The molecule has 0 aliphatic rings. The zero-order valence-electron chi connectivity index (χ0n) is 17.4. The minimum Gasteiger partial charge on any atom is -0.451 e. The Labute approximate surface area is 191 Å². The van der Waals surface area contributed by atoms with E-state index in [0.29, 0.717) is 21.3 Å². The van der Waals surface area contributed by atoms with Crippen molar-refractivity contribution in [2.24, 2.45) is 0 Å². The fourth-order valence-corrected chi connectivity index (χ4v) is 4.41. The number of nitrogens with one attached hydrogen (secondary N) is 1. The van der Waals surface area contributed by atoms with E-state index < -0.39 is 24.3 Å². The number of methoxy groups -OCH3 is 1. The molecule has 0 saturated carbocycles. The highest BCUT2D eigenvalue weighted by Crippen LogP contribution is 2.34. The van der Waals surface area contributed by atoms with Gasteiger partial charge in [-0.2, -0.15) is 10.4 Å². The lowest BCUT2D eigenvalue weighted by Gasteiger charge is -2.10. The number of carbonyl (C=O) groups is 2. The first-order chi connectivity index (χ1) is 16.0. The van der Waals surface area contributed by atoms with E-state index in [1.807, 2.05) is 12.1 Å². The van der Waals surface area contributed by atoms with Crippen molar-refractivity contribution in [2.75, 3.05) is 19.0 Å². The highest BCUT2D eigenvalue weighted by Gasteiger charge is 2.23. The van der Waals surface area contributed by atoms with Crippen molar-refractivity contribution >= 4 is 39.1 Å². The molecule has 33 heavy (non-hydrogen) atoms. The number of carbonyl (C=O) groups excluding carboxylic acids is 2. The van der Waals surface area contributed by atoms with Gasteiger partial charge in [0.05, 0.1) is 18.5 Å². The Kier molecular flexibility index (Phi) is 6.44. The van der Waals surface area contributed by atoms with Crippen molar-refractivity contribution in [2.45, 2.75) is 6.61 Å². The molecule has 10 heteroatoms. The summed E-state index contributed by atoms with van der Waals surface area (Å²) >= 11 is 1.07. The van der Waals surface area contributed by atoms with Gasteiger partial charge >= 0.3 is 5.97 Å². The predicted octanol–water partition coefficient (Wildman–Crippen LogP) is 4.04. The van der Waals surface area contributed by atoms with Crippen LogP contribution in [0.15, 0.2) is 54.7 Å². The van der Waals surface area contributed by atoms with Crippen molar-refractivity contribution in [3.8, 4) is 11.8 Å². The van der Waals surface area contributed by atoms with E-state index in [1.54, 1.807) is 36.4 Å². The first-order valence-corrected chi connectivity index (χ1v) is 10.5. The highest BCUT2D eigenvalue weighted by molar-refractivity contribution is 7.21. The summed E-state index contributed by atoms with van der Waals surface area (Å²) in [7, 11) is 1.44. The molecule has 4 rings (SSSR count). The van der Waals surface area contributed by atoms with Crippen molar-refractivity contribution in [3.63, 3.8) is 0 Å². The van der Waals surface area contributed by atoms with Crippen molar-refractivity contribution < 1.29 is 23.5 Å². The molecule has 4 aromatic rings. The number of anilines is 1. The van der Waals surface area contributed by atoms with E-state index >= 15 is 0 Å². The molecule has 1 N–H and O–H groups in total. The van der Waals surface area contributed by atoms with Crippen LogP contribution in [0.5, 0.6) is 0 Å². The van der Waals surface area contributed by atoms with Gasteiger partial charge < -0.3 is 14.8 Å². The molecule has 8 nitrogen and oxygen atoms in total. The van der Waals surface area contributed by atoms with E-state index in [9.17, 15) is 19.2 Å². The summed E-state index contributed by atoms with van der Waals surface area (Å²) in [6.07, 6.45) is 1.33. The summed E-state index contributed by atoms with van der Waals surface area (Å²) in [6, 6.07) is 15.5. The number of halogens is 1. The van der Waals surface area contributed by atoms with Crippen LogP contribution >= 0.6 is 11.3 Å². The fraction of sp³-hybridized carbons (Fsp3) is 0.130. The Morgan fingerprint density at radius 3 is 2.73 bits per heavy atom. The number of fused-ring (bicyclic) bond motifs is 1. The van der Waals surface area contributed by atoms with Crippen LogP contribution in [-0.2, 0) is 20.9 Å². The summed E-state index contributed by atoms with van der Waals surface area (Å²) in [5.74, 6) is -1.73. The van der Waals surface area contributed by atoms with Gasteiger partial charge in [0.1, 0.15) is 22.3 Å². The quantitative estimate of drug-likeness (QED) is 0.414. The number of thiophene rings is 1. The molecule has 2 aromatic heterocycles. The second-order valence-electron chi connectivity index (χ2n) is 6.85. The third kappa shape index (κ3) is 4.45. The Morgan fingerprint density at radius 2 is 2.00 bits per heavy atom. The van der Waals surface area contributed by atoms with Crippen LogP contribution in [0.2, 0.25) is 0 Å². The molecule has 166 valence electrons. The highest BCUT2D eigenvalue weighted by atomic mass is 32.1. The molecular weight excluding hydrogens is 447 g/mol. The standard InChI is InChI=1S/C23H17FN4O4S/c1-31-12-16-20-17(24)8-5-9-18(20)33-21(16)23(30)32-13-19(29)27-22-14(10-25)11-26-28(22)15-6-3-2-4-7-15/h2-9,11H,12-13H2,1H3,(H,27,29). The summed E-state index contributed by atoms with van der Waals surface area (Å²) in [4.78, 5) is 25.4. The smallest absolute Gasteiger partial charge is 0.349 e. The number of aromatic nitrogens is 2. The number of benzene rings is 2. The predicted molar refractivity (Wildman–Crippen MR) is 120 cm³/mol. The van der Waals surface area contributed by atoms with Crippen molar-refractivity contribution in [3.05, 3.63) is 76.5 Å². The maximum absolute atomic E-state index is 14.3. The molecule has 0 unspecified atom stereocenters. The molecule has 0 spiro atoms. The summed E-state index contributed by atoms with van der Waals surface area (Å²) in [6.45, 7) is -0.591. The second-order valence-corrected chi connectivity index (χ2v) is 7.90. The minimum absolute atomic E-state index is 0.0132. The van der Waals surface area contributed by atoms with Crippen LogP contribution in [0, 0.1) is 17.1 Å². The average molecular weight is 464 g/mol. The van der Waals surface area contributed by atoms with Crippen LogP contribution < -0.4 is 5.32 Å². The summed E-state index contributed by atoms with van der Waals surface area (Å²) in [5, 5.41) is 16.4. The molecule has 0 aliphatic heterocycles. The van der Waals surface area contributed by atoms with Crippen molar-refractivity contribution in [1.29, 1.82) is 5.26 Å². The number of hydrogen-bond donors (Lipinski definition) is 1. The zero-order valence-corrected chi connectivity index (χ0v) is 18.2. The molecule has 0 fully saturated rings. The number of esters is 1. The number of hydrogen-bond acceptors (Lipinski definition) is 7. The second kappa shape index (κ2) is 9.60. The van der Waals surface area contributed by atoms with E-state index in [4.69, 9.17) is 9.47 Å². The first kappa shape index (κ1) is 22.1. The molecule has 0 saturated heterocycles. The van der Waals surface area contributed by atoms with Crippen LogP contribution in [0.1, 0.15) is 20.8 Å². The Balaban J connectivity index is 1.51. The maximum Gasteiger partial charge on any atom is 0.349 e. The third-order valence-corrected chi connectivity index (χ3v) is 5.90. The van der Waals surface area contributed by atoms with Gasteiger partial charge in [0.15, 0.2) is 12.4 Å². The molecule has 2 heterocycles. The molecule has 0 bridgehead atoms. The number of ether oxygens (including phenoxy) is 2. The molecule has 0 radical (unpaired) electrons. The lowest BCUT2D eigenvalue weighted by molar-refractivity contribution is -0.119. The van der Waals surface area contributed by atoms with Crippen LogP contribution in [0.25, 0.3) is 15.8 Å². The number of para-hydroxylation sites is 1. The number of nitriles is 1. The fourth-order valence-electron chi connectivity index (χ4n) is 3.29. The lowest BCUT2D eigenvalue weighted by atomic mass is 10.1.